The summed E-state index contributed by atoms with van der Waals surface area (Å²) in [5.41, 5.74) is 0. The van der Waals surface area contributed by atoms with E-state index < -0.39 is 13.8 Å². The molecule has 0 radical (unpaired) electrons. The molecular weight excluding hydrogens is 167 g/mol. The zero-order valence-electron chi connectivity index (χ0n) is 6.65. The van der Waals surface area contributed by atoms with Crippen molar-refractivity contribution >= 4 is 13.4 Å². The third-order valence-electron chi connectivity index (χ3n) is 1.02. The molecule has 0 heterocycles. The van der Waals surface area contributed by atoms with Crippen LogP contribution < -0.4 is 0 Å². The number of rotatable bonds is 4. The third-order valence-corrected chi connectivity index (χ3v) is 1.78. The minimum atomic E-state index is -4.13. The van der Waals surface area contributed by atoms with Crippen LogP contribution in [0.25, 0.3) is 0 Å². The molecule has 0 aromatic heterocycles. The Morgan fingerprint density at radius 3 is 2.18 bits per heavy atom. The van der Waals surface area contributed by atoms with Gasteiger partial charge in [0.05, 0.1) is 0 Å². The monoisotopic (exact) mass is 180 g/mol. The Morgan fingerprint density at radius 2 is 1.91 bits per heavy atom. The Hall–Kier alpha value is -0.180. The van der Waals surface area contributed by atoms with Crippen molar-refractivity contribution in [1.29, 1.82) is 0 Å². The van der Waals surface area contributed by atoms with Gasteiger partial charge < -0.3 is 9.79 Å². The number of carbonyl (C=O) groups is 1. The molecule has 0 aliphatic heterocycles. The summed E-state index contributed by atoms with van der Waals surface area (Å²) >= 11 is 0. The maximum Gasteiger partial charge on any atom is 0.332 e. The van der Waals surface area contributed by atoms with Gasteiger partial charge in [-0.15, -0.1) is 0 Å². The summed E-state index contributed by atoms with van der Waals surface area (Å²) in [6.45, 7) is 3.66. The Bertz CT molecular complexity index is 181. The van der Waals surface area contributed by atoms with Gasteiger partial charge in [-0.2, -0.15) is 0 Å². The molecule has 0 rings (SSSR count). The molecule has 0 atom stereocenters. The van der Waals surface area contributed by atoms with Crippen LogP contribution in [0.4, 0.5) is 0 Å². The van der Waals surface area contributed by atoms with Gasteiger partial charge in [-0.05, 0) is 5.92 Å². The lowest BCUT2D eigenvalue weighted by Gasteiger charge is -2.04. The number of hydrogen-bond acceptors (Lipinski definition) is 2. The molecular formula is C6H13O4P. The second kappa shape index (κ2) is 4.00. The van der Waals surface area contributed by atoms with E-state index in [0.717, 1.165) is 0 Å². The summed E-state index contributed by atoms with van der Waals surface area (Å²) in [6, 6.07) is 0. The Labute approximate surface area is 65.8 Å². The molecule has 0 unspecified atom stereocenters. The number of Topliss-reactive ketones (excluding diaryl/α,β-unsaturated/α-hetero) is 1. The molecule has 0 aromatic rings. The van der Waals surface area contributed by atoms with Crippen molar-refractivity contribution in [3.63, 3.8) is 0 Å². The fraction of sp³-hybridized carbons (Fsp3) is 0.833. The first-order chi connectivity index (χ1) is 4.81. The second-order valence-electron chi connectivity index (χ2n) is 2.96. The summed E-state index contributed by atoms with van der Waals surface area (Å²) < 4.78 is 10.3. The zero-order valence-corrected chi connectivity index (χ0v) is 7.54. The Kier molecular flexibility index (Phi) is 3.93. The predicted octanol–water partition coefficient (Wildman–Crippen LogP) is 0.779. The van der Waals surface area contributed by atoms with Crippen molar-refractivity contribution < 1.29 is 19.1 Å². The molecule has 0 aromatic carbocycles. The maximum atomic E-state index is 10.8. The molecule has 0 bridgehead atoms. The first kappa shape index (κ1) is 10.8. The maximum absolute atomic E-state index is 10.8. The first-order valence-corrected chi connectivity index (χ1v) is 5.17. The lowest BCUT2D eigenvalue weighted by atomic mass is 10.1. The molecule has 0 aliphatic rings. The van der Waals surface area contributed by atoms with Gasteiger partial charge in [0.25, 0.3) is 0 Å². The number of carbonyl (C=O) groups excluding carboxylic acids is 1. The quantitative estimate of drug-likeness (QED) is 0.627. The van der Waals surface area contributed by atoms with Crippen molar-refractivity contribution in [3.05, 3.63) is 0 Å². The van der Waals surface area contributed by atoms with Gasteiger partial charge in [-0.25, -0.2) is 0 Å². The fourth-order valence-electron chi connectivity index (χ4n) is 0.750. The normalized spacial score (nSPS) is 12.1. The molecule has 0 amide bonds. The number of hydrogen-bond donors (Lipinski definition) is 2. The van der Waals surface area contributed by atoms with Crippen molar-refractivity contribution in [3.8, 4) is 0 Å². The van der Waals surface area contributed by atoms with Gasteiger partial charge in [0.15, 0.2) is 0 Å². The van der Waals surface area contributed by atoms with Crippen LogP contribution >= 0.6 is 7.60 Å². The molecule has 4 nitrogen and oxygen atoms in total. The average molecular weight is 180 g/mol. The van der Waals surface area contributed by atoms with Crippen LogP contribution in [0.3, 0.4) is 0 Å². The molecule has 0 spiro atoms. The van der Waals surface area contributed by atoms with E-state index in [2.05, 4.69) is 0 Å². The Balaban J connectivity index is 3.80. The predicted molar refractivity (Wildman–Crippen MR) is 41.4 cm³/mol. The lowest BCUT2D eigenvalue weighted by molar-refractivity contribution is -0.117. The van der Waals surface area contributed by atoms with Crippen LogP contribution in [0.2, 0.25) is 0 Å². The van der Waals surface area contributed by atoms with Crippen LogP contribution in [0, 0.1) is 5.92 Å². The number of ketones is 1. The Morgan fingerprint density at radius 1 is 1.45 bits per heavy atom. The van der Waals surface area contributed by atoms with Crippen molar-refractivity contribution in [2.75, 3.05) is 6.16 Å². The lowest BCUT2D eigenvalue weighted by Crippen LogP contribution is -2.08. The summed E-state index contributed by atoms with van der Waals surface area (Å²) in [7, 11) is -4.13. The van der Waals surface area contributed by atoms with Gasteiger partial charge in [-0.3, -0.25) is 9.36 Å². The summed E-state index contributed by atoms with van der Waals surface area (Å²) in [6.07, 6.45) is -0.379. The SMILES string of the molecule is CC(C)CC(=O)CP(=O)(O)O. The highest BCUT2D eigenvalue weighted by molar-refractivity contribution is 7.52. The zero-order chi connectivity index (χ0) is 9.07. The molecule has 0 aliphatic carbocycles. The van der Waals surface area contributed by atoms with Crippen LogP contribution in [0.5, 0.6) is 0 Å². The minimum Gasteiger partial charge on any atom is -0.324 e. The molecule has 66 valence electrons. The average Bonchev–Trinajstić information content (AvgIpc) is 1.53. The van der Waals surface area contributed by atoms with E-state index in [9.17, 15) is 9.36 Å². The standard InChI is InChI=1S/C6H13O4P/c1-5(2)3-6(7)4-11(8,9)10/h5H,3-4H2,1-2H3,(H2,8,9,10). The van der Waals surface area contributed by atoms with Gasteiger partial charge >= 0.3 is 7.60 Å². The second-order valence-corrected chi connectivity index (χ2v) is 4.61. The van der Waals surface area contributed by atoms with E-state index >= 15 is 0 Å². The van der Waals surface area contributed by atoms with Crippen LogP contribution in [0.1, 0.15) is 20.3 Å². The van der Waals surface area contributed by atoms with E-state index in [1.807, 2.05) is 13.8 Å². The summed E-state index contributed by atoms with van der Waals surface area (Å²) in [5, 5.41) is 0. The van der Waals surface area contributed by atoms with E-state index in [1.165, 1.54) is 0 Å². The molecule has 2 N–H and O–H groups in total. The summed E-state index contributed by atoms with van der Waals surface area (Å²) in [4.78, 5) is 27.6. The molecule has 11 heavy (non-hydrogen) atoms. The summed E-state index contributed by atoms with van der Waals surface area (Å²) in [5.74, 6) is -0.206. The molecule has 0 fully saturated rings. The van der Waals surface area contributed by atoms with E-state index in [1.54, 1.807) is 0 Å². The molecule has 0 saturated carbocycles. The van der Waals surface area contributed by atoms with E-state index in [0.29, 0.717) is 0 Å². The minimum absolute atomic E-state index is 0.161. The van der Waals surface area contributed by atoms with Crippen LogP contribution in [-0.2, 0) is 9.36 Å². The van der Waals surface area contributed by atoms with E-state index in [-0.39, 0.29) is 18.1 Å². The van der Waals surface area contributed by atoms with Crippen LogP contribution in [-0.4, -0.2) is 21.7 Å². The van der Waals surface area contributed by atoms with Gasteiger partial charge in [0.1, 0.15) is 11.9 Å². The molecule has 0 saturated heterocycles. The topological polar surface area (TPSA) is 74.6 Å². The molecule has 5 heteroatoms. The third kappa shape index (κ3) is 7.72. The largest absolute Gasteiger partial charge is 0.332 e. The highest BCUT2D eigenvalue weighted by Gasteiger charge is 2.19. The fourth-order valence-corrected chi connectivity index (χ4v) is 1.34. The van der Waals surface area contributed by atoms with Crippen molar-refractivity contribution in [2.45, 2.75) is 20.3 Å². The van der Waals surface area contributed by atoms with Gasteiger partial charge in [0, 0.05) is 6.42 Å². The van der Waals surface area contributed by atoms with Gasteiger partial charge in [-0.1, -0.05) is 13.8 Å². The smallest absolute Gasteiger partial charge is 0.324 e. The highest BCUT2D eigenvalue weighted by atomic mass is 31.2. The van der Waals surface area contributed by atoms with Gasteiger partial charge in [0.2, 0.25) is 0 Å². The van der Waals surface area contributed by atoms with Crippen LogP contribution in [0.15, 0.2) is 0 Å². The van der Waals surface area contributed by atoms with Crippen molar-refractivity contribution in [1.82, 2.24) is 0 Å². The first-order valence-electron chi connectivity index (χ1n) is 3.37. The highest BCUT2D eigenvalue weighted by Crippen LogP contribution is 2.34. The van der Waals surface area contributed by atoms with Crippen molar-refractivity contribution in [2.24, 2.45) is 5.92 Å². The van der Waals surface area contributed by atoms with E-state index in [4.69, 9.17) is 9.79 Å².